The molecule has 4 heteroatoms. The van der Waals surface area contributed by atoms with Crippen molar-refractivity contribution in [2.75, 3.05) is 6.61 Å². The summed E-state index contributed by atoms with van der Waals surface area (Å²) >= 11 is 0. The zero-order chi connectivity index (χ0) is 19.9. The average Bonchev–Trinajstić information content (AvgIpc) is 2.92. The molecule has 1 aliphatic heterocycles. The van der Waals surface area contributed by atoms with Crippen LogP contribution in [0.3, 0.4) is 0 Å². The molecule has 28 heavy (non-hydrogen) atoms. The van der Waals surface area contributed by atoms with E-state index >= 15 is 0 Å². The molecule has 2 unspecified atom stereocenters. The molecule has 5 atom stereocenters. The van der Waals surface area contributed by atoms with Crippen LogP contribution in [0.25, 0.3) is 0 Å². The van der Waals surface area contributed by atoms with Crippen LogP contribution < -0.4 is 0 Å². The summed E-state index contributed by atoms with van der Waals surface area (Å²) in [7, 11) is 0. The minimum atomic E-state index is -0.378. The van der Waals surface area contributed by atoms with Gasteiger partial charge in [0.2, 0.25) is 0 Å². The molecule has 1 N–H and O–H groups in total. The first-order chi connectivity index (χ1) is 13.4. The number of hydrogen-bond donors (Lipinski definition) is 1. The smallest absolute Gasteiger partial charge is 0.160 e. The topological polar surface area (TPSA) is 55.8 Å². The molecule has 3 aliphatic carbocycles. The van der Waals surface area contributed by atoms with Gasteiger partial charge in [0.05, 0.1) is 18.8 Å². The van der Waals surface area contributed by atoms with Gasteiger partial charge in [0.25, 0.3) is 0 Å². The molecule has 0 radical (unpaired) electrons. The molecule has 0 amide bonds. The van der Waals surface area contributed by atoms with Crippen LogP contribution in [0.4, 0.5) is 0 Å². The molecule has 0 aromatic rings. The minimum Gasteiger partial charge on any atom is -0.393 e. The van der Waals surface area contributed by atoms with Gasteiger partial charge in [0.15, 0.2) is 6.29 Å². The second-order valence-electron chi connectivity index (χ2n) is 9.60. The lowest BCUT2D eigenvalue weighted by atomic mass is 9.64. The SMILES string of the molecule is CC(C)C1=C2C3=CC=C(C=O)C[C@H](O[C@H]4CC(O)CCO4)C3CC[C@@]2(C)CC1. The van der Waals surface area contributed by atoms with E-state index in [0.29, 0.717) is 31.8 Å². The molecule has 1 saturated heterocycles. The zero-order valence-corrected chi connectivity index (χ0v) is 17.4. The van der Waals surface area contributed by atoms with Crippen molar-refractivity contribution in [2.45, 2.75) is 84.2 Å². The lowest BCUT2D eigenvalue weighted by molar-refractivity contribution is -0.213. The van der Waals surface area contributed by atoms with Crippen LogP contribution in [-0.2, 0) is 14.3 Å². The Balaban J connectivity index is 1.68. The van der Waals surface area contributed by atoms with Gasteiger partial charge in [-0.05, 0) is 60.2 Å². The van der Waals surface area contributed by atoms with Gasteiger partial charge in [-0.1, -0.05) is 38.5 Å². The molecule has 0 aromatic carbocycles. The minimum absolute atomic E-state index is 0.0773. The van der Waals surface area contributed by atoms with Crippen LogP contribution in [0.1, 0.15) is 65.7 Å². The maximum atomic E-state index is 11.6. The van der Waals surface area contributed by atoms with Gasteiger partial charge in [0, 0.05) is 18.8 Å². The van der Waals surface area contributed by atoms with Crippen LogP contribution in [0.15, 0.2) is 34.4 Å². The Labute approximate surface area is 168 Å². The molecule has 1 heterocycles. The standard InChI is InChI=1S/C24H34O4/c1-15(2)18-6-9-24(3)10-7-19-20(23(18)24)5-4-16(14-25)12-21(19)28-22-13-17(26)8-11-27-22/h4-5,14-15,17,19,21-22,26H,6-13H2,1-3H3/t17?,19?,21-,22-,24+/m0/s1. The van der Waals surface area contributed by atoms with Gasteiger partial charge in [-0.3, -0.25) is 4.79 Å². The number of fused-ring (bicyclic) bond motifs is 3. The maximum absolute atomic E-state index is 11.6. The summed E-state index contributed by atoms with van der Waals surface area (Å²) in [6.45, 7) is 7.54. The fraction of sp³-hybridized carbons (Fsp3) is 0.708. The Morgan fingerprint density at radius 1 is 1.29 bits per heavy atom. The van der Waals surface area contributed by atoms with Crippen molar-refractivity contribution in [3.8, 4) is 0 Å². The number of hydrogen-bond acceptors (Lipinski definition) is 4. The molecule has 4 nitrogen and oxygen atoms in total. The summed E-state index contributed by atoms with van der Waals surface area (Å²) in [6, 6.07) is 0. The second kappa shape index (κ2) is 7.89. The molecular weight excluding hydrogens is 352 g/mol. The van der Waals surface area contributed by atoms with Gasteiger partial charge in [0.1, 0.15) is 6.29 Å². The van der Waals surface area contributed by atoms with Crippen molar-refractivity contribution in [1.82, 2.24) is 0 Å². The summed E-state index contributed by atoms with van der Waals surface area (Å²) in [5.74, 6) is 0.830. The Hall–Kier alpha value is -1.23. The van der Waals surface area contributed by atoms with E-state index in [0.717, 1.165) is 18.3 Å². The highest BCUT2D eigenvalue weighted by atomic mass is 16.7. The van der Waals surface area contributed by atoms with E-state index < -0.39 is 0 Å². The summed E-state index contributed by atoms with van der Waals surface area (Å²) < 4.78 is 12.2. The summed E-state index contributed by atoms with van der Waals surface area (Å²) in [5, 5.41) is 10.0. The number of carbonyl (C=O) groups is 1. The highest BCUT2D eigenvalue weighted by Gasteiger charge is 2.47. The number of aldehydes is 1. The lowest BCUT2D eigenvalue weighted by Gasteiger charge is -2.43. The van der Waals surface area contributed by atoms with Crippen LogP contribution >= 0.6 is 0 Å². The quantitative estimate of drug-likeness (QED) is 0.724. The number of aliphatic hydroxyl groups is 1. The van der Waals surface area contributed by atoms with Crippen LogP contribution in [0, 0.1) is 17.3 Å². The van der Waals surface area contributed by atoms with Crippen molar-refractivity contribution < 1.29 is 19.4 Å². The third-order valence-electron chi connectivity index (χ3n) is 7.32. The first-order valence-corrected chi connectivity index (χ1v) is 11.0. The second-order valence-corrected chi connectivity index (χ2v) is 9.60. The predicted molar refractivity (Wildman–Crippen MR) is 109 cm³/mol. The number of carbonyl (C=O) groups excluding carboxylic acids is 1. The first-order valence-electron chi connectivity index (χ1n) is 11.0. The first kappa shape index (κ1) is 20.1. The fourth-order valence-corrected chi connectivity index (χ4v) is 5.72. The van der Waals surface area contributed by atoms with Gasteiger partial charge in [-0.25, -0.2) is 0 Å². The number of ether oxygens (including phenoxy) is 2. The molecule has 0 spiro atoms. The van der Waals surface area contributed by atoms with Crippen LogP contribution in [-0.4, -0.2) is 36.5 Å². The Morgan fingerprint density at radius 2 is 2.11 bits per heavy atom. The molecule has 4 aliphatic rings. The summed E-state index contributed by atoms with van der Waals surface area (Å²) in [5.41, 5.74) is 5.55. The lowest BCUT2D eigenvalue weighted by Crippen LogP contribution is -2.39. The van der Waals surface area contributed by atoms with E-state index in [1.165, 1.54) is 24.8 Å². The highest BCUT2D eigenvalue weighted by molar-refractivity contribution is 5.74. The van der Waals surface area contributed by atoms with Gasteiger partial charge in [-0.2, -0.15) is 0 Å². The Bertz CT molecular complexity index is 716. The van der Waals surface area contributed by atoms with Crippen molar-refractivity contribution in [2.24, 2.45) is 17.3 Å². The van der Waals surface area contributed by atoms with Gasteiger partial charge >= 0.3 is 0 Å². The summed E-state index contributed by atoms with van der Waals surface area (Å²) in [6.07, 6.45) is 10.8. The van der Waals surface area contributed by atoms with Gasteiger partial charge in [-0.15, -0.1) is 0 Å². The Morgan fingerprint density at radius 3 is 2.82 bits per heavy atom. The molecule has 2 fully saturated rings. The predicted octanol–water partition coefficient (Wildman–Crippen LogP) is 4.49. The molecular formula is C24H34O4. The van der Waals surface area contributed by atoms with E-state index in [1.54, 1.807) is 11.1 Å². The zero-order valence-electron chi connectivity index (χ0n) is 17.4. The third-order valence-corrected chi connectivity index (χ3v) is 7.32. The van der Waals surface area contributed by atoms with Crippen LogP contribution in [0.5, 0.6) is 0 Å². The normalized spacial score (nSPS) is 38.5. The van der Waals surface area contributed by atoms with Crippen molar-refractivity contribution >= 4 is 6.29 Å². The van der Waals surface area contributed by atoms with E-state index in [1.807, 2.05) is 6.08 Å². The largest absolute Gasteiger partial charge is 0.393 e. The van der Waals surface area contributed by atoms with E-state index in [-0.39, 0.29) is 29.8 Å². The molecule has 0 aromatic heterocycles. The van der Waals surface area contributed by atoms with Gasteiger partial charge < -0.3 is 14.6 Å². The van der Waals surface area contributed by atoms with Crippen molar-refractivity contribution in [1.29, 1.82) is 0 Å². The number of aliphatic hydroxyl groups excluding tert-OH is 1. The van der Waals surface area contributed by atoms with E-state index in [9.17, 15) is 9.90 Å². The van der Waals surface area contributed by atoms with Crippen molar-refractivity contribution in [3.63, 3.8) is 0 Å². The van der Waals surface area contributed by atoms with E-state index in [2.05, 4.69) is 26.8 Å². The molecule has 154 valence electrons. The fourth-order valence-electron chi connectivity index (χ4n) is 5.72. The third kappa shape index (κ3) is 3.67. The molecule has 1 saturated carbocycles. The van der Waals surface area contributed by atoms with Crippen LogP contribution in [0.2, 0.25) is 0 Å². The maximum Gasteiger partial charge on any atom is 0.160 e. The number of allylic oxidation sites excluding steroid dienone is 4. The average molecular weight is 387 g/mol. The summed E-state index contributed by atoms with van der Waals surface area (Å²) in [4.78, 5) is 11.6. The molecule has 0 bridgehead atoms. The van der Waals surface area contributed by atoms with Crippen molar-refractivity contribution in [3.05, 3.63) is 34.4 Å². The highest BCUT2D eigenvalue weighted by Crippen LogP contribution is 2.58. The van der Waals surface area contributed by atoms with E-state index in [4.69, 9.17) is 9.47 Å². The molecule has 4 rings (SSSR count). The number of rotatable bonds is 4. The Kier molecular flexibility index (Phi) is 5.65. The monoisotopic (exact) mass is 386 g/mol.